The Hall–Kier alpha value is -3.23. The van der Waals surface area contributed by atoms with Gasteiger partial charge in [0.25, 0.3) is 0 Å². The summed E-state index contributed by atoms with van der Waals surface area (Å²) >= 11 is 0. The Bertz CT molecular complexity index is 1060. The third-order valence-corrected chi connectivity index (χ3v) is 5.55. The number of carbonyl (C=O) groups is 1. The van der Waals surface area contributed by atoms with Crippen molar-refractivity contribution in [3.05, 3.63) is 47.5 Å². The number of amidine groups is 1. The first kappa shape index (κ1) is 22.0. The molecule has 2 aromatic rings. The molecular weight excluding hydrogens is 423 g/mol. The molecule has 1 saturated heterocycles. The number of piperazine rings is 1. The fraction of sp³-hybridized carbons (Fsp3) is 0.391. The van der Waals surface area contributed by atoms with E-state index in [9.17, 15) is 18.0 Å². The summed E-state index contributed by atoms with van der Waals surface area (Å²) in [6.45, 7) is 5.77. The maximum absolute atomic E-state index is 13.3. The van der Waals surface area contributed by atoms with Crippen molar-refractivity contribution in [1.29, 1.82) is 0 Å². The van der Waals surface area contributed by atoms with Gasteiger partial charge in [0.05, 0.1) is 18.2 Å². The van der Waals surface area contributed by atoms with Crippen molar-refractivity contribution in [1.82, 2.24) is 9.80 Å². The number of rotatable bonds is 2. The van der Waals surface area contributed by atoms with Crippen molar-refractivity contribution in [2.24, 2.45) is 10.9 Å². The van der Waals surface area contributed by atoms with Crippen LogP contribution in [0, 0.1) is 5.92 Å². The van der Waals surface area contributed by atoms with E-state index in [2.05, 4.69) is 4.99 Å². The average molecular weight is 447 g/mol. The highest BCUT2D eigenvalue weighted by Gasteiger charge is 2.33. The summed E-state index contributed by atoms with van der Waals surface area (Å²) in [5.74, 6) is 1.74. The third-order valence-electron chi connectivity index (χ3n) is 5.55. The van der Waals surface area contributed by atoms with E-state index < -0.39 is 11.7 Å². The van der Waals surface area contributed by atoms with E-state index >= 15 is 0 Å². The highest BCUT2D eigenvalue weighted by atomic mass is 19.4. The highest BCUT2D eigenvalue weighted by Crippen LogP contribution is 2.42. The van der Waals surface area contributed by atoms with Gasteiger partial charge in [0.15, 0.2) is 5.75 Å². The first-order valence-corrected chi connectivity index (χ1v) is 10.4. The molecule has 2 aromatic carbocycles. The number of benzene rings is 2. The number of halogens is 3. The topological polar surface area (TPSA) is 54.4 Å². The second kappa shape index (κ2) is 8.37. The minimum Gasteiger partial charge on any atom is -0.497 e. The number of ether oxygens (including phenoxy) is 2. The SMILES string of the molecule is COc1ccc2c(c1)Oc1ccc(C(F)(F)F)cc1N=C2N1CCN(C(=O)C(C)C)CC1. The van der Waals surface area contributed by atoms with Gasteiger partial charge in [-0.2, -0.15) is 13.2 Å². The maximum atomic E-state index is 13.3. The number of hydrogen-bond acceptors (Lipinski definition) is 5. The van der Waals surface area contributed by atoms with Crippen molar-refractivity contribution < 1.29 is 27.4 Å². The van der Waals surface area contributed by atoms with Crippen LogP contribution in [0.1, 0.15) is 25.0 Å². The Morgan fingerprint density at radius 1 is 1.06 bits per heavy atom. The standard InChI is InChI=1S/C23H24F3N3O3/c1-14(2)22(30)29-10-8-28(9-11-29)21-17-6-5-16(31-3)13-20(17)32-19-7-4-15(23(24,25)26)12-18(19)27-21/h4-7,12-14H,8-11H2,1-3H3. The summed E-state index contributed by atoms with van der Waals surface area (Å²) in [4.78, 5) is 20.7. The minimum atomic E-state index is -4.49. The van der Waals surface area contributed by atoms with Gasteiger partial charge < -0.3 is 19.3 Å². The summed E-state index contributed by atoms with van der Waals surface area (Å²) in [5.41, 5.74) is -0.0382. The molecule has 1 amide bonds. The molecule has 0 unspecified atom stereocenters. The molecule has 0 aliphatic carbocycles. The van der Waals surface area contributed by atoms with Crippen LogP contribution in [-0.4, -0.2) is 54.8 Å². The van der Waals surface area contributed by atoms with E-state index in [1.165, 1.54) is 13.2 Å². The van der Waals surface area contributed by atoms with Crippen LogP contribution in [-0.2, 0) is 11.0 Å². The van der Waals surface area contributed by atoms with Gasteiger partial charge in [-0.15, -0.1) is 0 Å². The Morgan fingerprint density at radius 3 is 2.41 bits per heavy atom. The number of alkyl halides is 3. The van der Waals surface area contributed by atoms with Crippen molar-refractivity contribution in [3.63, 3.8) is 0 Å². The van der Waals surface area contributed by atoms with Gasteiger partial charge in [-0.25, -0.2) is 4.99 Å². The molecule has 0 spiro atoms. The van der Waals surface area contributed by atoms with Crippen LogP contribution in [0.3, 0.4) is 0 Å². The molecular formula is C23H24F3N3O3. The lowest BCUT2D eigenvalue weighted by Crippen LogP contribution is -2.51. The predicted octanol–water partition coefficient (Wildman–Crippen LogP) is 4.70. The van der Waals surface area contributed by atoms with E-state index in [-0.39, 0.29) is 23.3 Å². The van der Waals surface area contributed by atoms with Crippen LogP contribution in [0.25, 0.3) is 0 Å². The van der Waals surface area contributed by atoms with Gasteiger partial charge in [0, 0.05) is 38.2 Å². The molecule has 4 rings (SSSR count). The highest BCUT2D eigenvalue weighted by molar-refractivity contribution is 6.04. The largest absolute Gasteiger partial charge is 0.497 e. The quantitative estimate of drug-likeness (QED) is 0.670. The predicted molar refractivity (Wildman–Crippen MR) is 114 cm³/mol. The van der Waals surface area contributed by atoms with E-state index in [0.29, 0.717) is 49.1 Å². The Balaban J connectivity index is 1.74. The molecule has 2 aliphatic rings. The van der Waals surface area contributed by atoms with E-state index in [1.807, 2.05) is 18.7 Å². The summed E-state index contributed by atoms with van der Waals surface area (Å²) in [5, 5.41) is 0. The van der Waals surface area contributed by atoms with Crippen LogP contribution >= 0.6 is 0 Å². The number of hydrogen-bond donors (Lipinski definition) is 0. The van der Waals surface area contributed by atoms with E-state index in [1.54, 1.807) is 23.1 Å². The van der Waals surface area contributed by atoms with Crippen LogP contribution in [0.15, 0.2) is 41.4 Å². The zero-order valence-corrected chi connectivity index (χ0v) is 18.1. The fourth-order valence-corrected chi connectivity index (χ4v) is 3.80. The monoisotopic (exact) mass is 447 g/mol. The van der Waals surface area contributed by atoms with E-state index in [4.69, 9.17) is 9.47 Å². The summed E-state index contributed by atoms with van der Waals surface area (Å²) in [6.07, 6.45) is -4.49. The molecule has 32 heavy (non-hydrogen) atoms. The van der Waals surface area contributed by atoms with Crippen LogP contribution < -0.4 is 9.47 Å². The van der Waals surface area contributed by atoms with Crippen LogP contribution in [0.2, 0.25) is 0 Å². The normalized spacial score (nSPS) is 16.0. The molecule has 0 atom stereocenters. The molecule has 0 saturated carbocycles. The van der Waals surface area contributed by atoms with Crippen molar-refractivity contribution in [2.45, 2.75) is 20.0 Å². The number of aliphatic imine (C=N–C) groups is 1. The molecule has 2 aliphatic heterocycles. The van der Waals surface area contributed by atoms with Gasteiger partial charge in [0.1, 0.15) is 23.0 Å². The minimum absolute atomic E-state index is 0.0843. The average Bonchev–Trinajstić information content (AvgIpc) is 2.93. The van der Waals surface area contributed by atoms with Gasteiger partial charge in [-0.05, 0) is 30.3 Å². The molecule has 0 N–H and O–H groups in total. The first-order chi connectivity index (χ1) is 15.2. The zero-order chi connectivity index (χ0) is 23.0. The smallest absolute Gasteiger partial charge is 0.416 e. The van der Waals surface area contributed by atoms with Crippen molar-refractivity contribution >= 4 is 17.4 Å². The Labute approximate surface area is 184 Å². The number of amides is 1. The summed E-state index contributed by atoms with van der Waals surface area (Å²) < 4.78 is 51.2. The number of nitrogens with zero attached hydrogens (tertiary/aromatic N) is 3. The Kier molecular flexibility index (Phi) is 5.75. The summed E-state index contributed by atoms with van der Waals surface area (Å²) in [6, 6.07) is 8.50. The fourth-order valence-electron chi connectivity index (χ4n) is 3.80. The second-order valence-electron chi connectivity index (χ2n) is 8.05. The third kappa shape index (κ3) is 4.24. The van der Waals surface area contributed by atoms with E-state index in [0.717, 1.165) is 12.1 Å². The molecule has 170 valence electrons. The molecule has 9 heteroatoms. The van der Waals surface area contributed by atoms with Gasteiger partial charge in [0.2, 0.25) is 5.91 Å². The molecule has 0 aromatic heterocycles. The summed E-state index contributed by atoms with van der Waals surface area (Å²) in [7, 11) is 1.53. The van der Waals surface area contributed by atoms with Gasteiger partial charge in [-0.1, -0.05) is 13.8 Å². The lowest BCUT2D eigenvalue weighted by atomic mass is 10.1. The first-order valence-electron chi connectivity index (χ1n) is 10.4. The molecule has 2 heterocycles. The number of carbonyl (C=O) groups excluding carboxylic acids is 1. The van der Waals surface area contributed by atoms with Crippen LogP contribution in [0.5, 0.6) is 17.2 Å². The van der Waals surface area contributed by atoms with Crippen molar-refractivity contribution in [2.75, 3.05) is 33.3 Å². The second-order valence-corrected chi connectivity index (χ2v) is 8.05. The number of methoxy groups -OCH3 is 1. The molecule has 6 nitrogen and oxygen atoms in total. The molecule has 0 radical (unpaired) electrons. The Morgan fingerprint density at radius 2 is 1.78 bits per heavy atom. The molecule has 1 fully saturated rings. The lowest BCUT2D eigenvalue weighted by Gasteiger charge is -2.37. The molecule has 0 bridgehead atoms. The number of fused-ring (bicyclic) bond motifs is 2. The van der Waals surface area contributed by atoms with Crippen molar-refractivity contribution in [3.8, 4) is 17.2 Å². The lowest BCUT2D eigenvalue weighted by molar-refractivity contribution is -0.137. The van der Waals surface area contributed by atoms with Crippen LogP contribution in [0.4, 0.5) is 18.9 Å². The van der Waals surface area contributed by atoms with Gasteiger partial charge in [-0.3, -0.25) is 4.79 Å². The maximum Gasteiger partial charge on any atom is 0.416 e. The van der Waals surface area contributed by atoms with Gasteiger partial charge >= 0.3 is 6.18 Å². The zero-order valence-electron chi connectivity index (χ0n) is 18.1.